The first-order valence-electron chi connectivity index (χ1n) is 6.31. The van der Waals surface area contributed by atoms with Gasteiger partial charge in [-0.15, -0.1) is 0 Å². The number of hydrogen-bond donors (Lipinski definition) is 1. The van der Waals surface area contributed by atoms with Crippen LogP contribution in [0.2, 0.25) is 0 Å². The maximum atomic E-state index is 12.1. The largest absolute Gasteiger partial charge is 0.481 e. The van der Waals surface area contributed by atoms with Gasteiger partial charge in [0.25, 0.3) is 5.91 Å². The lowest BCUT2D eigenvalue weighted by Crippen LogP contribution is -2.45. The molecule has 1 aliphatic rings. The maximum absolute atomic E-state index is 12.1. The second-order valence-electron chi connectivity index (χ2n) is 4.76. The van der Waals surface area contributed by atoms with Crippen molar-refractivity contribution in [3.8, 4) is 0 Å². The molecule has 1 amide bonds. The highest BCUT2D eigenvalue weighted by molar-refractivity contribution is 9.10. The van der Waals surface area contributed by atoms with Gasteiger partial charge in [0.2, 0.25) is 5.78 Å². The Bertz CT molecular complexity index is 541. The van der Waals surface area contributed by atoms with E-state index in [4.69, 9.17) is 5.11 Å². The number of Topliss-reactive ketones (excluding diaryl/α,β-unsaturated/α-hetero) is 1. The molecule has 1 aromatic rings. The summed E-state index contributed by atoms with van der Waals surface area (Å²) in [6.07, 6.45) is 1.15. The number of piperidine rings is 1. The smallest absolute Gasteiger partial charge is 0.308 e. The van der Waals surface area contributed by atoms with E-state index in [1.807, 2.05) is 0 Å². The van der Waals surface area contributed by atoms with Crippen molar-refractivity contribution < 1.29 is 19.5 Å². The third kappa shape index (κ3) is 3.25. The fourth-order valence-corrected chi connectivity index (χ4v) is 2.50. The number of carboxylic acid groups (broad SMARTS) is 1. The Kier molecular flexibility index (Phi) is 4.54. The van der Waals surface area contributed by atoms with Gasteiger partial charge in [0.1, 0.15) is 0 Å². The van der Waals surface area contributed by atoms with Gasteiger partial charge in [-0.2, -0.15) is 0 Å². The highest BCUT2D eigenvalue weighted by Crippen LogP contribution is 2.18. The van der Waals surface area contributed by atoms with E-state index in [-0.39, 0.29) is 6.54 Å². The fraction of sp³-hybridized carbons (Fsp3) is 0.357. The fourth-order valence-electron chi connectivity index (χ4n) is 2.23. The molecule has 20 heavy (non-hydrogen) atoms. The van der Waals surface area contributed by atoms with E-state index in [0.717, 1.165) is 4.47 Å². The molecular weight excluding hydrogens is 326 g/mol. The summed E-state index contributed by atoms with van der Waals surface area (Å²) >= 11 is 3.26. The normalized spacial score (nSPS) is 18.6. The highest BCUT2D eigenvalue weighted by atomic mass is 79.9. The number of nitrogens with zero attached hydrogens (tertiary/aromatic N) is 1. The molecule has 0 aliphatic carbocycles. The third-order valence-corrected chi connectivity index (χ3v) is 3.89. The molecule has 5 nitrogen and oxygen atoms in total. The van der Waals surface area contributed by atoms with Gasteiger partial charge >= 0.3 is 5.97 Å². The second kappa shape index (κ2) is 6.17. The van der Waals surface area contributed by atoms with Crippen LogP contribution in [0.1, 0.15) is 23.2 Å². The Morgan fingerprint density at radius 2 is 1.85 bits per heavy atom. The molecule has 0 radical (unpaired) electrons. The van der Waals surface area contributed by atoms with Crippen molar-refractivity contribution in [1.82, 2.24) is 4.90 Å². The number of ketones is 1. The molecule has 1 fully saturated rings. The Labute approximate surface area is 124 Å². The Balaban J connectivity index is 2.08. The van der Waals surface area contributed by atoms with Gasteiger partial charge in [0.15, 0.2) is 0 Å². The van der Waals surface area contributed by atoms with Crippen LogP contribution < -0.4 is 0 Å². The third-order valence-electron chi connectivity index (χ3n) is 3.36. The van der Waals surface area contributed by atoms with Gasteiger partial charge in [-0.1, -0.05) is 15.9 Å². The van der Waals surface area contributed by atoms with Crippen molar-refractivity contribution >= 4 is 33.6 Å². The van der Waals surface area contributed by atoms with E-state index < -0.39 is 23.6 Å². The number of carbonyl (C=O) groups is 3. The molecule has 2 rings (SSSR count). The van der Waals surface area contributed by atoms with Crippen LogP contribution in [0.5, 0.6) is 0 Å². The zero-order valence-electron chi connectivity index (χ0n) is 10.7. The van der Waals surface area contributed by atoms with Crippen molar-refractivity contribution in [1.29, 1.82) is 0 Å². The standard InChI is InChI=1S/C14H14BrNO4/c15-11-5-3-9(4-6-11)12(17)13(18)16-7-1-2-10(8-16)14(19)20/h3-6,10H,1-2,7-8H2,(H,19,20)/t10-/m1/s1. The molecule has 1 atom stereocenters. The summed E-state index contributed by atoms with van der Waals surface area (Å²) in [6, 6.07) is 6.53. The van der Waals surface area contributed by atoms with Crippen molar-refractivity contribution in [2.75, 3.05) is 13.1 Å². The molecule has 106 valence electrons. The topological polar surface area (TPSA) is 74.7 Å². The summed E-state index contributed by atoms with van der Waals surface area (Å²) in [4.78, 5) is 36.5. The van der Waals surface area contributed by atoms with Crippen LogP contribution >= 0.6 is 15.9 Å². The first-order valence-corrected chi connectivity index (χ1v) is 7.10. The molecule has 0 unspecified atom stereocenters. The van der Waals surface area contributed by atoms with E-state index in [9.17, 15) is 14.4 Å². The lowest BCUT2D eigenvalue weighted by atomic mass is 9.97. The minimum atomic E-state index is -0.918. The molecule has 1 saturated heterocycles. The molecule has 1 aliphatic heterocycles. The molecule has 0 saturated carbocycles. The van der Waals surface area contributed by atoms with Gasteiger partial charge in [0, 0.05) is 23.1 Å². The average molecular weight is 340 g/mol. The van der Waals surface area contributed by atoms with Gasteiger partial charge < -0.3 is 10.0 Å². The monoisotopic (exact) mass is 339 g/mol. The minimum Gasteiger partial charge on any atom is -0.481 e. The summed E-state index contributed by atoms with van der Waals surface area (Å²) in [5.74, 6) is -2.72. The predicted molar refractivity (Wildman–Crippen MR) is 75.4 cm³/mol. The Morgan fingerprint density at radius 1 is 1.20 bits per heavy atom. The lowest BCUT2D eigenvalue weighted by Gasteiger charge is -2.30. The number of hydrogen-bond acceptors (Lipinski definition) is 3. The molecule has 0 bridgehead atoms. The van der Waals surface area contributed by atoms with Gasteiger partial charge in [-0.3, -0.25) is 14.4 Å². The number of rotatable bonds is 3. The van der Waals surface area contributed by atoms with E-state index in [1.54, 1.807) is 24.3 Å². The summed E-state index contributed by atoms with van der Waals surface area (Å²) in [7, 11) is 0. The minimum absolute atomic E-state index is 0.108. The highest BCUT2D eigenvalue weighted by Gasteiger charge is 2.31. The van der Waals surface area contributed by atoms with E-state index in [0.29, 0.717) is 24.9 Å². The molecule has 0 aromatic heterocycles. The van der Waals surface area contributed by atoms with Crippen LogP contribution in [0.4, 0.5) is 0 Å². The number of likely N-dealkylation sites (tertiary alicyclic amines) is 1. The number of carboxylic acids is 1. The maximum Gasteiger partial charge on any atom is 0.308 e. The first-order chi connectivity index (χ1) is 9.49. The van der Waals surface area contributed by atoms with Crippen molar-refractivity contribution in [3.05, 3.63) is 34.3 Å². The summed E-state index contributed by atoms with van der Waals surface area (Å²) < 4.78 is 0.824. The number of amides is 1. The quantitative estimate of drug-likeness (QED) is 0.674. The predicted octanol–water partition coefficient (Wildman–Crippen LogP) is 1.95. The first kappa shape index (κ1) is 14.7. The average Bonchev–Trinajstić information content (AvgIpc) is 2.46. The number of carbonyl (C=O) groups excluding carboxylic acids is 2. The van der Waals surface area contributed by atoms with Crippen LogP contribution in [-0.2, 0) is 9.59 Å². The van der Waals surface area contributed by atoms with Crippen LogP contribution in [0.15, 0.2) is 28.7 Å². The SMILES string of the molecule is O=C(C(=O)N1CCC[C@@H](C(=O)O)C1)c1ccc(Br)cc1. The van der Waals surface area contributed by atoms with Crippen LogP contribution in [0.25, 0.3) is 0 Å². The molecule has 1 N–H and O–H groups in total. The van der Waals surface area contributed by atoms with Gasteiger partial charge in [0.05, 0.1) is 5.92 Å². The lowest BCUT2D eigenvalue weighted by molar-refractivity contribution is -0.144. The molecule has 0 spiro atoms. The van der Waals surface area contributed by atoms with Crippen LogP contribution in [-0.4, -0.2) is 40.8 Å². The van der Waals surface area contributed by atoms with E-state index in [2.05, 4.69) is 15.9 Å². The van der Waals surface area contributed by atoms with Crippen molar-refractivity contribution in [2.24, 2.45) is 5.92 Å². The molecular formula is C14H14BrNO4. The molecule has 1 aromatic carbocycles. The summed E-state index contributed by atoms with van der Waals surface area (Å²) in [6.45, 7) is 0.543. The van der Waals surface area contributed by atoms with E-state index in [1.165, 1.54) is 4.90 Å². The van der Waals surface area contributed by atoms with Gasteiger partial charge in [-0.05, 0) is 37.1 Å². The number of halogens is 1. The zero-order chi connectivity index (χ0) is 14.7. The van der Waals surface area contributed by atoms with Gasteiger partial charge in [-0.25, -0.2) is 0 Å². The number of benzene rings is 1. The van der Waals surface area contributed by atoms with Crippen molar-refractivity contribution in [3.63, 3.8) is 0 Å². The Hall–Kier alpha value is -1.69. The van der Waals surface area contributed by atoms with Crippen LogP contribution in [0, 0.1) is 5.92 Å². The number of aliphatic carboxylic acids is 1. The zero-order valence-corrected chi connectivity index (χ0v) is 12.3. The van der Waals surface area contributed by atoms with E-state index >= 15 is 0 Å². The summed E-state index contributed by atoms with van der Waals surface area (Å²) in [5.41, 5.74) is 0.315. The molecule has 1 heterocycles. The van der Waals surface area contributed by atoms with Crippen LogP contribution in [0.3, 0.4) is 0 Å². The summed E-state index contributed by atoms with van der Waals surface area (Å²) in [5, 5.41) is 9.00. The Morgan fingerprint density at radius 3 is 2.45 bits per heavy atom. The van der Waals surface area contributed by atoms with Crippen molar-refractivity contribution in [2.45, 2.75) is 12.8 Å². The molecule has 6 heteroatoms. The second-order valence-corrected chi connectivity index (χ2v) is 5.68.